The molecular formula is C29H27ClN4O2. The molecule has 0 radical (unpaired) electrons. The van der Waals surface area contributed by atoms with Crippen molar-refractivity contribution in [2.75, 3.05) is 6.54 Å². The Balaban J connectivity index is 1.45. The van der Waals surface area contributed by atoms with Crippen molar-refractivity contribution < 1.29 is 9.59 Å². The molecule has 0 unspecified atom stereocenters. The fraction of sp³-hybridized carbons (Fsp3) is 0.207. The van der Waals surface area contributed by atoms with Crippen LogP contribution in [0.4, 0.5) is 0 Å². The van der Waals surface area contributed by atoms with Gasteiger partial charge in [-0.25, -0.2) is 0 Å². The first-order valence-electron chi connectivity index (χ1n) is 12.0. The lowest BCUT2D eigenvalue weighted by atomic mass is 9.94. The van der Waals surface area contributed by atoms with Crippen LogP contribution in [0.25, 0.3) is 11.3 Å². The number of hydrogen-bond donors (Lipinski definition) is 1. The lowest BCUT2D eigenvalue weighted by Crippen LogP contribution is -2.64. The van der Waals surface area contributed by atoms with E-state index in [9.17, 15) is 9.59 Å². The molecule has 0 fully saturated rings. The van der Waals surface area contributed by atoms with E-state index in [1.165, 1.54) is 0 Å². The van der Waals surface area contributed by atoms with E-state index in [2.05, 4.69) is 5.32 Å². The number of hydrogen-bond acceptors (Lipinski definition) is 3. The quantitative estimate of drug-likeness (QED) is 0.391. The molecule has 2 amide bonds. The summed E-state index contributed by atoms with van der Waals surface area (Å²) in [5.74, 6) is -0.416. The molecule has 1 N–H and O–H groups in total. The van der Waals surface area contributed by atoms with Gasteiger partial charge in [0.1, 0.15) is 11.2 Å². The predicted molar refractivity (Wildman–Crippen MR) is 141 cm³/mol. The van der Waals surface area contributed by atoms with Gasteiger partial charge in [0.15, 0.2) is 0 Å². The Bertz CT molecular complexity index is 1370. The van der Waals surface area contributed by atoms with Crippen molar-refractivity contribution in [2.45, 2.75) is 32.0 Å². The molecule has 0 spiro atoms. The molecule has 5 rings (SSSR count). The highest BCUT2D eigenvalue weighted by atomic mass is 35.5. The fourth-order valence-corrected chi connectivity index (χ4v) is 4.73. The third kappa shape index (κ3) is 4.77. The first kappa shape index (κ1) is 23.8. The van der Waals surface area contributed by atoms with Gasteiger partial charge in [0, 0.05) is 23.7 Å². The van der Waals surface area contributed by atoms with Crippen LogP contribution in [-0.4, -0.2) is 38.6 Å². The highest BCUT2D eigenvalue weighted by Gasteiger charge is 2.47. The molecule has 1 aliphatic rings. The van der Waals surface area contributed by atoms with E-state index in [-0.39, 0.29) is 18.4 Å². The smallest absolute Gasteiger partial charge is 0.273 e. The van der Waals surface area contributed by atoms with Crippen LogP contribution in [0.5, 0.6) is 0 Å². The number of amides is 2. The Labute approximate surface area is 215 Å². The number of fused-ring (bicyclic) bond motifs is 1. The first-order chi connectivity index (χ1) is 17.4. The molecule has 0 aliphatic carbocycles. The van der Waals surface area contributed by atoms with Crippen molar-refractivity contribution in [1.82, 2.24) is 20.0 Å². The zero-order chi connectivity index (χ0) is 25.1. The highest BCUT2D eigenvalue weighted by molar-refractivity contribution is 6.30. The van der Waals surface area contributed by atoms with E-state index in [1.807, 2.05) is 97.9 Å². The van der Waals surface area contributed by atoms with Crippen LogP contribution in [0.15, 0.2) is 91.0 Å². The zero-order valence-electron chi connectivity index (χ0n) is 20.0. The maximum Gasteiger partial charge on any atom is 0.273 e. The monoisotopic (exact) mass is 498 g/mol. The number of benzene rings is 3. The van der Waals surface area contributed by atoms with Crippen molar-refractivity contribution in [3.8, 4) is 11.3 Å². The molecule has 1 atom stereocenters. The minimum atomic E-state index is -1.11. The van der Waals surface area contributed by atoms with Crippen molar-refractivity contribution in [1.29, 1.82) is 0 Å². The molecule has 6 nitrogen and oxygen atoms in total. The number of halogens is 1. The van der Waals surface area contributed by atoms with Gasteiger partial charge in [-0.2, -0.15) is 5.10 Å². The molecule has 0 saturated carbocycles. The Morgan fingerprint density at radius 3 is 2.33 bits per heavy atom. The third-order valence-electron chi connectivity index (χ3n) is 6.69. The summed E-state index contributed by atoms with van der Waals surface area (Å²) in [5, 5.41) is 8.41. The lowest BCUT2D eigenvalue weighted by Gasteiger charge is -2.43. The average molecular weight is 499 g/mol. The van der Waals surface area contributed by atoms with Crippen LogP contribution >= 0.6 is 11.6 Å². The van der Waals surface area contributed by atoms with E-state index in [1.54, 1.807) is 9.58 Å². The van der Waals surface area contributed by atoms with E-state index in [4.69, 9.17) is 16.7 Å². The van der Waals surface area contributed by atoms with Crippen LogP contribution in [0.2, 0.25) is 5.02 Å². The second-order valence-corrected chi connectivity index (χ2v) is 9.65. The highest BCUT2D eigenvalue weighted by Crippen LogP contribution is 2.30. The normalized spacial score (nSPS) is 17.1. The molecule has 0 saturated heterocycles. The topological polar surface area (TPSA) is 67.2 Å². The average Bonchev–Trinajstić information content (AvgIpc) is 3.33. The molecule has 2 heterocycles. The molecular weight excluding hydrogens is 472 g/mol. The number of nitrogens with one attached hydrogen (secondary N) is 1. The van der Waals surface area contributed by atoms with Gasteiger partial charge in [-0.3, -0.25) is 14.3 Å². The number of carbonyl (C=O) groups excluding carboxylic acids is 2. The fourth-order valence-electron chi connectivity index (χ4n) is 4.60. The summed E-state index contributed by atoms with van der Waals surface area (Å²) < 4.78 is 1.67. The second kappa shape index (κ2) is 9.99. The molecule has 36 heavy (non-hydrogen) atoms. The van der Waals surface area contributed by atoms with Crippen LogP contribution in [-0.2, 0) is 24.3 Å². The molecule has 4 aromatic rings. The van der Waals surface area contributed by atoms with Crippen molar-refractivity contribution in [2.24, 2.45) is 0 Å². The molecule has 1 aromatic heterocycles. The second-order valence-electron chi connectivity index (χ2n) is 9.21. The summed E-state index contributed by atoms with van der Waals surface area (Å²) in [7, 11) is 0. The number of nitrogens with zero attached hydrogens (tertiary/aromatic N) is 3. The van der Waals surface area contributed by atoms with E-state index < -0.39 is 5.54 Å². The maximum atomic E-state index is 13.8. The van der Waals surface area contributed by atoms with Gasteiger partial charge < -0.3 is 10.2 Å². The van der Waals surface area contributed by atoms with Gasteiger partial charge in [0.2, 0.25) is 5.91 Å². The Kier molecular flexibility index (Phi) is 6.61. The number of carbonyl (C=O) groups is 2. The van der Waals surface area contributed by atoms with E-state index >= 15 is 0 Å². The molecule has 1 aliphatic heterocycles. The van der Waals surface area contributed by atoms with Gasteiger partial charge in [0.25, 0.3) is 5.91 Å². The standard InChI is InChI=1S/C29H27ClN4O2/c1-29(28(36)31-19-22-8-4-2-5-9-22)20-34-26(18-25(32-34)23-10-6-3-7-11-23)27(35)33(29)17-16-21-12-14-24(30)15-13-21/h2-15,18H,16-17,19-20H2,1H3,(H,31,36)/t29-/m1/s1. The SMILES string of the molecule is C[C@]1(C(=O)NCc2ccccc2)Cn2nc(-c3ccccc3)cc2C(=O)N1CCc1ccc(Cl)cc1. The minimum absolute atomic E-state index is 0.206. The van der Waals surface area contributed by atoms with E-state index in [0.717, 1.165) is 16.7 Å². The van der Waals surface area contributed by atoms with Gasteiger partial charge in [-0.05, 0) is 42.7 Å². The summed E-state index contributed by atoms with van der Waals surface area (Å²) in [6.45, 7) is 2.86. The number of rotatable bonds is 7. The lowest BCUT2D eigenvalue weighted by molar-refractivity contribution is -0.133. The zero-order valence-corrected chi connectivity index (χ0v) is 20.8. The van der Waals surface area contributed by atoms with Gasteiger partial charge in [-0.1, -0.05) is 84.4 Å². The summed E-state index contributed by atoms with van der Waals surface area (Å²) in [4.78, 5) is 29.1. The largest absolute Gasteiger partial charge is 0.350 e. The van der Waals surface area contributed by atoms with Crippen LogP contribution < -0.4 is 5.32 Å². The Morgan fingerprint density at radius 2 is 1.64 bits per heavy atom. The molecule has 3 aromatic carbocycles. The van der Waals surface area contributed by atoms with Crippen molar-refractivity contribution in [3.05, 3.63) is 113 Å². The van der Waals surface area contributed by atoms with Crippen LogP contribution in [0, 0.1) is 0 Å². The molecule has 7 heteroatoms. The first-order valence-corrected chi connectivity index (χ1v) is 12.3. The molecule has 182 valence electrons. The molecule has 0 bridgehead atoms. The van der Waals surface area contributed by atoms with Gasteiger partial charge in [-0.15, -0.1) is 0 Å². The van der Waals surface area contributed by atoms with Crippen LogP contribution in [0.3, 0.4) is 0 Å². The summed E-state index contributed by atoms with van der Waals surface area (Å²) >= 11 is 6.04. The maximum absolute atomic E-state index is 13.8. The predicted octanol–water partition coefficient (Wildman–Crippen LogP) is 4.98. The summed E-state index contributed by atoms with van der Waals surface area (Å²) in [6, 6.07) is 28.9. The third-order valence-corrected chi connectivity index (χ3v) is 6.94. The van der Waals surface area contributed by atoms with Crippen LogP contribution in [0.1, 0.15) is 28.5 Å². The minimum Gasteiger partial charge on any atom is -0.350 e. The summed E-state index contributed by atoms with van der Waals surface area (Å²) in [5.41, 5.74) is 3.06. The summed E-state index contributed by atoms with van der Waals surface area (Å²) in [6.07, 6.45) is 0.601. The van der Waals surface area contributed by atoms with E-state index in [0.29, 0.717) is 35.9 Å². The van der Waals surface area contributed by atoms with Crippen molar-refractivity contribution in [3.63, 3.8) is 0 Å². The van der Waals surface area contributed by atoms with Gasteiger partial charge >= 0.3 is 0 Å². The Hall–Kier alpha value is -3.90. The van der Waals surface area contributed by atoms with Crippen molar-refractivity contribution >= 4 is 23.4 Å². The van der Waals surface area contributed by atoms with Gasteiger partial charge in [0.05, 0.1) is 12.2 Å². The Morgan fingerprint density at radius 1 is 0.972 bits per heavy atom. The number of aromatic nitrogens is 2.